The highest BCUT2D eigenvalue weighted by molar-refractivity contribution is 6.05. The number of benzene rings is 2. The second kappa shape index (κ2) is 10.2. The summed E-state index contributed by atoms with van der Waals surface area (Å²) in [6.45, 7) is 2.51. The first-order valence-electron chi connectivity index (χ1n) is 9.93. The van der Waals surface area contributed by atoms with E-state index >= 15 is 0 Å². The molecule has 0 saturated carbocycles. The molecule has 0 aliphatic heterocycles. The average Bonchev–Trinajstić information content (AvgIpc) is 2.78. The van der Waals surface area contributed by atoms with Crippen molar-refractivity contribution in [3.8, 4) is 0 Å². The van der Waals surface area contributed by atoms with E-state index in [1.54, 1.807) is 30.3 Å². The van der Waals surface area contributed by atoms with E-state index in [2.05, 4.69) is 22.9 Å². The van der Waals surface area contributed by atoms with Crippen LogP contribution in [-0.4, -0.2) is 21.6 Å². The second-order valence-corrected chi connectivity index (χ2v) is 6.82. The van der Waals surface area contributed by atoms with Crippen LogP contribution in [-0.2, 0) is 11.3 Å². The Labute approximate surface area is 174 Å². The number of hydrazine groups is 1. The lowest BCUT2D eigenvalue weighted by molar-refractivity contribution is -0.117. The first kappa shape index (κ1) is 21.0. The van der Waals surface area contributed by atoms with Crippen LogP contribution in [0.3, 0.4) is 0 Å². The normalized spacial score (nSPS) is 11.0. The number of carbonyl (C=O) groups is 2. The Balaban J connectivity index is 1.76. The average molecular weight is 404 g/mol. The van der Waals surface area contributed by atoms with Gasteiger partial charge in [-0.1, -0.05) is 68.3 Å². The molecule has 0 atom stereocenters. The third-order valence-electron chi connectivity index (χ3n) is 4.58. The highest BCUT2D eigenvalue weighted by Crippen LogP contribution is 2.13. The molecule has 2 amide bonds. The predicted octanol–water partition coefficient (Wildman–Crippen LogP) is 3.06. The number of amides is 2. The Hall–Kier alpha value is -3.74. The SMILES string of the molecule is CCCCCn1nc(C(=O)NNC(=O)/C=C/c2ccccc2)c2ccccc2c1=O. The van der Waals surface area contributed by atoms with Crippen LogP contribution in [0.4, 0.5) is 0 Å². The maximum atomic E-state index is 12.7. The van der Waals surface area contributed by atoms with Crippen molar-refractivity contribution in [2.45, 2.75) is 32.7 Å². The highest BCUT2D eigenvalue weighted by atomic mass is 16.2. The lowest BCUT2D eigenvalue weighted by atomic mass is 10.1. The van der Waals surface area contributed by atoms with Crippen LogP contribution in [0.15, 0.2) is 65.5 Å². The smallest absolute Gasteiger partial charge is 0.268 e. The fraction of sp³-hybridized carbons (Fsp3) is 0.217. The summed E-state index contributed by atoms with van der Waals surface area (Å²) < 4.78 is 1.32. The van der Waals surface area contributed by atoms with Crippen molar-refractivity contribution in [2.24, 2.45) is 0 Å². The maximum absolute atomic E-state index is 12.7. The summed E-state index contributed by atoms with van der Waals surface area (Å²) in [5.74, 6) is -1.07. The third kappa shape index (κ3) is 5.20. The zero-order valence-corrected chi connectivity index (χ0v) is 16.8. The number of aromatic nitrogens is 2. The van der Waals surface area contributed by atoms with Crippen LogP contribution < -0.4 is 16.4 Å². The fourth-order valence-corrected chi connectivity index (χ4v) is 3.02. The van der Waals surface area contributed by atoms with Gasteiger partial charge in [-0.2, -0.15) is 5.10 Å². The number of aryl methyl sites for hydroxylation is 1. The third-order valence-corrected chi connectivity index (χ3v) is 4.58. The van der Waals surface area contributed by atoms with Gasteiger partial charge in [-0.15, -0.1) is 0 Å². The summed E-state index contributed by atoms with van der Waals surface area (Å²) >= 11 is 0. The van der Waals surface area contributed by atoms with E-state index in [4.69, 9.17) is 0 Å². The Morgan fingerprint density at radius 1 is 0.967 bits per heavy atom. The van der Waals surface area contributed by atoms with Crippen LogP contribution >= 0.6 is 0 Å². The summed E-state index contributed by atoms with van der Waals surface area (Å²) in [5.41, 5.74) is 5.45. The van der Waals surface area contributed by atoms with Gasteiger partial charge in [0, 0.05) is 18.0 Å². The Bertz CT molecular complexity index is 1120. The molecule has 0 bridgehead atoms. The number of hydrogen-bond donors (Lipinski definition) is 2. The van der Waals surface area contributed by atoms with E-state index < -0.39 is 11.8 Å². The molecular weight excluding hydrogens is 380 g/mol. The van der Waals surface area contributed by atoms with E-state index in [1.165, 1.54) is 10.8 Å². The van der Waals surface area contributed by atoms with Crippen LogP contribution in [0.2, 0.25) is 0 Å². The molecule has 3 aromatic rings. The lowest BCUT2D eigenvalue weighted by Gasteiger charge is -2.11. The fourth-order valence-electron chi connectivity index (χ4n) is 3.02. The molecule has 7 nitrogen and oxygen atoms in total. The molecule has 154 valence electrons. The Kier molecular flexibility index (Phi) is 7.10. The van der Waals surface area contributed by atoms with Crippen molar-refractivity contribution < 1.29 is 9.59 Å². The lowest BCUT2D eigenvalue weighted by Crippen LogP contribution is -2.42. The summed E-state index contributed by atoms with van der Waals surface area (Å²) in [6, 6.07) is 16.2. The number of unbranched alkanes of at least 4 members (excludes halogenated alkanes) is 2. The zero-order chi connectivity index (χ0) is 21.3. The Morgan fingerprint density at radius 3 is 2.40 bits per heavy atom. The number of carbonyl (C=O) groups excluding carboxylic acids is 2. The van der Waals surface area contributed by atoms with Gasteiger partial charge in [-0.25, -0.2) is 4.68 Å². The molecule has 2 N–H and O–H groups in total. The molecule has 0 aliphatic rings. The summed E-state index contributed by atoms with van der Waals surface area (Å²) in [6.07, 6.45) is 5.74. The van der Waals surface area contributed by atoms with Gasteiger partial charge >= 0.3 is 0 Å². The minimum absolute atomic E-state index is 0.0917. The van der Waals surface area contributed by atoms with Crippen molar-refractivity contribution in [1.29, 1.82) is 0 Å². The van der Waals surface area contributed by atoms with Gasteiger partial charge in [0.25, 0.3) is 17.4 Å². The Morgan fingerprint density at radius 2 is 1.67 bits per heavy atom. The zero-order valence-electron chi connectivity index (χ0n) is 16.8. The van der Waals surface area contributed by atoms with Gasteiger partial charge in [0.15, 0.2) is 5.69 Å². The number of nitrogens with one attached hydrogen (secondary N) is 2. The first-order chi connectivity index (χ1) is 14.6. The van der Waals surface area contributed by atoms with Crippen LogP contribution in [0, 0.1) is 0 Å². The maximum Gasteiger partial charge on any atom is 0.290 e. The number of rotatable bonds is 7. The molecule has 7 heteroatoms. The van der Waals surface area contributed by atoms with Gasteiger partial charge in [-0.3, -0.25) is 25.2 Å². The van der Waals surface area contributed by atoms with Gasteiger partial charge < -0.3 is 0 Å². The summed E-state index contributed by atoms with van der Waals surface area (Å²) in [7, 11) is 0. The molecule has 0 saturated heterocycles. The standard InChI is InChI=1S/C23H24N4O3/c1-2-3-9-16-27-23(30)19-13-8-7-12-18(19)21(26-27)22(29)25-24-20(28)15-14-17-10-5-4-6-11-17/h4-8,10-15H,2-3,9,16H2,1H3,(H,24,28)(H,25,29)/b15-14+. The second-order valence-electron chi connectivity index (χ2n) is 6.82. The first-order valence-corrected chi connectivity index (χ1v) is 9.93. The molecule has 0 radical (unpaired) electrons. The molecule has 0 unspecified atom stereocenters. The minimum atomic E-state index is -0.586. The van der Waals surface area contributed by atoms with Gasteiger partial charge in [0.1, 0.15) is 0 Å². The molecular formula is C23H24N4O3. The van der Waals surface area contributed by atoms with Crippen molar-refractivity contribution in [3.05, 3.63) is 82.3 Å². The van der Waals surface area contributed by atoms with Crippen molar-refractivity contribution >= 4 is 28.7 Å². The van der Waals surface area contributed by atoms with Crippen molar-refractivity contribution in [1.82, 2.24) is 20.6 Å². The van der Waals surface area contributed by atoms with E-state index in [-0.39, 0.29) is 11.3 Å². The molecule has 1 aromatic heterocycles. The van der Waals surface area contributed by atoms with Gasteiger partial charge in [-0.05, 0) is 24.1 Å². The van der Waals surface area contributed by atoms with Crippen molar-refractivity contribution in [2.75, 3.05) is 0 Å². The topological polar surface area (TPSA) is 93.1 Å². The van der Waals surface area contributed by atoms with E-state index in [0.717, 1.165) is 24.8 Å². The minimum Gasteiger partial charge on any atom is -0.268 e. The highest BCUT2D eigenvalue weighted by Gasteiger charge is 2.16. The number of nitrogens with zero attached hydrogens (tertiary/aromatic N) is 2. The van der Waals surface area contributed by atoms with Crippen LogP contribution in [0.5, 0.6) is 0 Å². The molecule has 0 spiro atoms. The predicted molar refractivity (Wildman–Crippen MR) is 117 cm³/mol. The molecule has 3 rings (SSSR count). The molecule has 0 aliphatic carbocycles. The number of hydrogen-bond acceptors (Lipinski definition) is 4. The monoisotopic (exact) mass is 404 g/mol. The quantitative estimate of drug-likeness (QED) is 0.360. The van der Waals surface area contributed by atoms with Crippen LogP contribution in [0.1, 0.15) is 42.2 Å². The molecule has 0 fully saturated rings. The van der Waals surface area contributed by atoms with Gasteiger partial charge in [0.2, 0.25) is 0 Å². The van der Waals surface area contributed by atoms with Crippen molar-refractivity contribution in [3.63, 3.8) is 0 Å². The van der Waals surface area contributed by atoms with E-state index in [0.29, 0.717) is 17.3 Å². The molecule has 2 aromatic carbocycles. The van der Waals surface area contributed by atoms with Gasteiger partial charge in [0.05, 0.1) is 5.39 Å². The molecule has 30 heavy (non-hydrogen) atoms. The molecule has 1 heterocycles. The van der Waals surface area contributed by atoms with E-state index in [1.807, 2.05) is 30.3 Å². The van der Waals surface area contributed by atoms with Crippen LogP contribution in [0.25, 0.3) is 16.8 Å². The van der Waals surface area contributed by atoms with E-state index in [9.17, 15) is 14.4 Å². The summed E-state index contributed by atoms with van der Waals surface area (Å²) in [4.78, 5) is 37.4. The summed E-state index contributed by atoms with van der Waals surface area (Å²) in [5, 5.41) is 5.13. The number of fused-ring (bicyclic) bond motifs is 1. The largest absolute Gasteiger partial charge is 0.290 e.